The van der Waals surface area contributed by atoms with Crippen LogP contribution in [0.25, 0.3) is 16.8 Å². The first-order valence-corrected chi connectivity index (χ1v) is 6.88. The molecule has 0 radical (unpaired) electrons. The Morgan fingerprint density at radius 3 is 2.43 bits per heavy atom. The molecule has 1 heterocycles. The van der Waals surface area contributed by atoms with Crippen LogP contribution in [0.5, 0.6) is 5.75 Å². The second kappa shape index (κ2) is 4.81. The lowest BCUT2D eigenvalue weighted by Gasteiger charge is -2.15. The lowest BCUT2D eigenvalue weighted by atomic mass is 9.88. The van der Waals surface area contributed by atoms with E-state index in [4.69, 9.17) is 4.74 Å². The molecule has 0 spiro atoms. The molecule has 4 heteroatoms. The van der Waals surface area contributed by atoms with E-state index in [0.717, 1.165) is 27.8 Å². The molecule has 0 aromatic heterocycles. The number of hydrogen-bond donors (Lipinski definition) is 2. The van der Waals surface area contributed by atoms with Gasteiger partial charge in [-0.25, -0.2) is 0 Å². The van der Waals surface area contributed by atoms with Gasteiger partial charge in [-0.1, -0.05) is 30.3 Å². The lowest BCUT2D eigenvalue weighted by Crippen LogP contribution is -2.28. The molecule has 1 aliphatic rings. The third-order valence-corrected chi connectivity index (χ3v) is 3.99. The molecule has 3 rings (SSSR count). The third kappa shape index (κ3) is 2.13. The number of ether oxygens (including phenoxy) is 1. The minimum atomic E-state index is -0.555. The SMILES string of the molecule is COc1cccc2c(/C=C3\NNC(=O)C3(C)C)cccc12. The molecule has 0 unspecified atom stereocenters. The number of methoxy groups -OCH3 is 1. The van der Waals surface area contributed by atoms with Crippen LogP contribution in [0.4, 0.5) is 0 Å². The molecule has 2 aromatic carbocycles. The van der Waals surface area contributed by atoms with Gasteiger partial charge in [0.1, 0.15) is 5.75 Å². The van der Waals surface area contributed by atoms with Gasteiger partial charge in [0.15, 0.2) is 0 Å². The molecule has 1 amide bonds. The van der Waals surface area contributed by atoms with Gasteiger partial charge in [0.25, 0.3) is 0 Å². The van der Waals surface area contributed by atoms with Crippen LogP contribution in [0.15, 0.2) is 42.1 Å². The molecule has 1 aliphatic heterocycles. The molecule has 0 aliphatic carbocycles. The second-order valence-corrected chi connectivity index (χ2v) is 5.66. The zero-order valence-electron chi connectivity index (χ0n) is 12.4. The summed E-state index contributed by atoms with van der Waals surface area (Å²) in [6.45, 7) is 3.81. The molecule has 1 saturated heterocycles. The molecule has 2 N–H and O–H groups in total. The van der Waals surface area contributed by atoms with Crippen molar-refractivity contribution in [3.63, 3.8) is 0 Å². The van der Waals surface area contributed by atoms with Crippen LogP contribution in [0.1, 0.15) is 19.4 Å². The van der Waals surface area contributed by atoms with E-state index in [1.165, 1.54) is 0 Å². The van der Waals surface area contributed by atoms with Gasteiger partial charge in [-0.05, 0) is 36.9 Å². The minimum Gasteiger partial charge on any atom is -0.496 e. The Morgan fingerprint density at radius 2 is 1.76 bits per heavy atom. The van der Waals surface area contributed by atoms with Gasteiger partial charge in [-0.15, -0.1) is 0 Å². The Hall–Kier alpha value is -2.49. The van der Waals surface area contributed by atoms with Crippen molar-refractivity contribution in [3.05, 3.63) is 47.7 Å². The van der Waals surface area contributed by atoms with Gasteiger partial charge in [0.05, 0.1) is 12.5 Å². The maximum Gasteiger partial charge on any atom is 0.249 e. The van der Waals surface area contributed by atoms with E-state index in [2.05, 4.69) is 16.9 Å². The molecule has 1 fully saturated rings. The average molecular weight is 282 g/mol. The van der Waals surface area contributed by atoms with Crippen molar-refractivity contribution >= 4 is 22.8 Å². The highest BCUT2D eigenvalue weighted by Gasteiger charge is 2.37. The summed E-state index contributed by atoms with van der Waals surface area (Å²) < 4.78 is 5.41. The van der Waals surface area contributed by atoms with Crippen LogP contribution in [0.3, 0.4) is 0 Å². The average Bonchev–Trinajstić information content (AvgIpc) is 2.73. The van der Waals surface area contributed by atoms with E-state index < -0.39 is 5.41 Å². The summed E-state index contributed by atoms with van der Waals surface area (Å²) in [5, 5.41) is 2.16. The van der Waals surface area contributed by atoms with Gasteiger partial charge in [-0.3, -0.25) is 10.2 Å². The highest BCUT2D eigenvalue weighted by Crippen LogP contribution is 2.33. The fourth-order valence-corrected chi connectivity index (χ4v) is 2.54. The Kier molecular flexibility index (Phi) is 3.09. The number of benzene rings is 2. The molecule has 2 aromatic rings. The third-order valence-electron chi connectivity index (χ3n) is 3.99. The van der Waals surface area contributed by atoms with E-state index in [9.17, 15) is 4.79 Å². The van der Waals surface area contributed by atoms with E-state index in [0.29, 0.717) is 0 Å². The lowest BCUT2D eigenvalue weighted by molar-refractivity contribution is -0.125. The topological polar surface area (TPSA) is 50.4 Å². The fraction of sp³-hybridized carbons (Fsp3) is 0.235. The van der Waals surface area contributed by atoms with Gasteiger partial charge in [0, 0.05) is 11.1 Å². The quantitative estimate of drug-likeness (QED) is 0.890. The predicted molar refractivity (Wildman–Crippen MR) is 83.5 cm³/mol. The smallest absolute Gasteiger partial charge is 0.249 e. The van der Waals surface area contributed by atoms with Crippen molar-refractivity contribution in [1.82, 2.24) is 10.9 Å². The first-order chi connectivity index (χ1) is 10.0. The van der Waals surface area contributed by atoms with E-state index in [-0.39, 0.29) is 5.91 Å². The minimum absolute atomic E-state index is 0.0217. The fourth-order valence-electron chi connectivity index (χ4n) is 2.54. The number of hydrogen-bond acceptors (Lipinski definition) is 3. The number of amides is 1. The van der Waals surface area contributed by atoms with E-state index in [1.54, 1.807) is 7.11 Å². The summed E-state index contributed by atoms with van der Waals surface area (Å²) in [7, 11) is 1.67. The van der Waals surface area contributed by atoms with Crippen molar-refractivity contribution in [2.45, 2.75) is 13.8 Å². The van der Waals surface area contributed by atoms with Crippen LogP contribution in [0.2, 0.25) is 0 Å². The van der Waals surface area contributed by atoms with Crippen molar-refractivity contribution in [1.29, 1.82) is 0 Å². The maximum absolute atomic E-state index is 11.8. The summed E-state index contributed by atoms with van der Waals surface area (Å²) >= 11 is 0. The number of fused-ring (bicyclic) bond motifs is 1. The first-order valence-electron chi connectivity index (χ1n) is 6.88. The number of rotatable bonds is 2. The van der Waals surface area contributed by atoms with Crippen molar-refractivity contribution in [3.8, 4) is 5.75 Å². The van der Waals surface area contributed by atoms with E-state index in [1.807, 2.05) is 50.3 Å². The van der Waals surface area contributed by atoms with Crippen LogP contribution < -0.4 is 15.6 Å². The van der Waals surface area contributed by atoms with Crippen molar-refractivity contribution in [2.75, 3.05) is 7.11 Å². The van der Waals surface area contributed by atoms with Gasteiger partial charge in [0.2, 0.25) is 5.91 Å². The molecule has 21 heavy (non-hydrogen) atoms. The molecule has 0 atom stereocenters. The molecule has 0 bridgehead atoms. The Labute approximate surface area is 123 Å². The highest BCUT2D eigenvalue weighted by atomic mass is 16.5. The Balaban J connectivity index is 2.16. The van der Waals surface area contributed by atoms with Gasteiger partial charge < -0.3 is 10.2 Å². The number of carbonyl (C=O) groups is 1. The zero-order chi connectivity index (χ0) is 15.0. The maximum atomic E-state index is 11.8. The summed E-state index contributed by atoms with van der Waals surface area (Å²) in [6, 6.07) is 12.0. The summed E-state index contributed by atoms with van der Waals surface area (Å²) in [5.41, 5.74) is 7.00. The van der Waals surface area contributed by atoms with Crippen molar-refractivity contribution in [2.24, 2.45) is 5.41 Å². The monoisotopic (exact) mass is 282 g/mol. The largest absolute Gasteiger partial charge is 0.496 e. The number of nitrogens with one attached hydrogen (secondary N) is 2. The zero-order valence-corrected chi connectivity index (χ0v) is 12.4. The standard InChI is InChI=1S/C17H18N2O2/c1-17(2)15(18-19-16(17)20)10-11-6-4-8-13-12(11)7-5-9-14(13)21-3/h4-10,18H,1-3H3,(H,19,20)/b15-10-. The van der Waals surface area contributed by atoms with E-state index >= 15 is 0 Å². The summed E-state index contributed by atoms with van der Waals surface area (Å²) in [5.74, 6) is 0.826. The van der Waals surface area contributed by atoms with Crippen molar-refractivity contribution < 1.29 is 9.53 Å². The number of hydrazine groups is 1. The Bertz CT molecular complexity index is 748. The second-order valence-electron chi connectivity index (χ2n) is 5.66. The Morgan fingerprint density at radius 1 is 1.05 bits per heavy atom. The molecule has 0 saturated carbocycles. The first kappa shape index (κ1) is 13.5. The number of carbonyl (C=O) groups excluding carboxylic acids is 1. The van der Waals surface area contributed by atoms with Crippen LogP contribution in [0, 0.1) is 5.41 Å². The van der Waals surface area contributed by atoms with Gasteiger partial charge in [-0.2, -0.15) is 0 Å². The highest BCUT2D eigenvalue weighted by molar-refractivity contribution is 5.96. The molecule has 108 valence electrons. The van der Waals surface area contributed by atoms with Crippen LogP contribution >= 0.6 is 0 Å². The van der Waals surface area contributed by atoms with Crippen LogP contribution in [-0.4, -0.2) is 13.0 Å². The van der Waals surface area contributed by atoms with Crippen LogP contribution in [-0.2, 0) is 4.79 Å². The van der Waals surface area contributed by atoms with Gasteiger partial charge >= 0.3 is 0 Å². The molecule has 4 nitrogen and oxygen atoms in total. The predicted octanol–water partition coefficient (Wildman–Crippen LogP) is 2.85. The molecular weight excluding hydrogens is 264 g/mol. The summed E-state index contributed by atoms with van der Waals surface area (Å²) in [6.07, 6.45) is 2.01. The summed E-state index contributed by atoms with van der Waals surface area (Å²) in [4.78, 5) is 11.8. The molecular formula is C17H18N2O2. The normalized spacial score (nSPS) is 18.6.